The molecule has 1 saturated carbocycles. The topological polar surface area (TPSA) is 43.4 Å². The van der Waals surface area contributed by atoms with Gasteiger partial charge in [-0.15, -0.1) is 0 Å². The molecule has 0 radical (unpaired) electrons. The van der Waals surface area contributed by atoms with Crippen molar-refractivity contribution in [3.05, 3.63) is 196 Å². The summed E-state index contributed by atoms with van der Waals surface area (Å²) < 4.78 is 5.93. The van der Waals surface area contributed by atoms with E-state index in [1.165, 1.54) is 34.2 Å². The van der Waals surface area contributed by atoms with Crippen molar-refractivity contribution in [1.82, 2.24) is 0 Å². The standard InChI is InChI=1S/C28H40O2.C21H20.C7H12O.C4H8.C2H6/c1-9-14-20(4)18-19-25(22(6)15-10-2)27(23(7)29)28(30-8)26-17-13-12-16-24(26)21(5)11-3;1-2-21(18-12-6-3-7-13-18,19-14-8-4-9-15-19)20-16-10-5-11-17-20;1-2-7(8)6-4-3-5-6;1-3-4-2;1-2/h12-13,15-19,21H,9-11,14H2,1-8H3;3-17H,2H2,1H3;6H,2-5H2,1H3;3-4H,1-2H3;1-2H3/b20-18-,22-15-,25-19+,28-27-;;;4-3-;. The Balaban J connectivity index is 0.000000515. The molecule has 0 amide bonds. The van der Waals surface area contributed by atoms with Crippen molar-refractivity contribution in [3.8, 4) is 0 Å². The highest BCUT2D eigenvalue weighted by atomic mass is 16.5. The summed E-state index contributed by atoms with van der Waals surface area (Å²) >= 11 is 0. The molecule has 4 aromatic rings. The van der Waals surface area contributed by atoms with Crippen LogP contribution in [0.25, 0.3) is 5.76 Å². The summed E-state index contributed by atoms with van der Waals surface area (Å²) in [6, 6.07) is 40.8. The highest BCUT2D eigenvalue weighted by Crippen LogP contribution is 2.42. The van der Waals surface area contributed by atoms with Gasteiger partial charge in [0.15, 0.2) is 5.78 Å². The largest absolute Gasteiger partial charge is 0.495 e. The van der Waals surface area contributed by atoms with E-state index in [0.717, 1.165) is 68.1 Å². The highest BCUT2D eigenvalue weighted by molar-refractivity contribution is 6.05. The lowest BCUT2D eigenvalue weighted by atomic mass is 9.68. The zero-order chi connectivity index (χ0) is 48.6. The Labute approximate surface area is 397 Å². The molecule has 5 rings (SSSR count). The van der Waals surface area contributed by atoms with E-state index in [2.05, 4.69) is 176 Å². The molecular formula is C62H86O3. The summed E-state index contributed by atoms with van der Waals surface area (Å²) in [7, 11) is 1.67. The van der Waals surface area contributed by atoms with Crippen molar-refractivity contribution >= 4 is 17.3 Å². The fourth-order valence-corrected chi connectivity index (χ4v) is 8.00. The van der Waals surface area contributed by atoms with Gasteiger partial charge >= 0.3 is 0 Å². The maximum atomic E-state index is 13.0. The maximum absolute atomic E-state index is 13.0. The van der Waals surface area contributed by atoms with Gasteiger partial charge in [0.05, 0.1) is 12.7 Å². The van der Waals surface area contributed by atoms with Crippen molar-refractivity contribution in [1.29, 1.82) is 0 Å². The van der Waals surface area contributed by atoms with Gasteiger partial charge in [-0.05, 0) is 112 Å². The molecular weight excluding hydrogens is 793 g/mol. The van der Waals surface area contributed by atoms with Gasteiger partial charge in [0.2, 0.25) is 0 Å². The zero-order valence-corrected chi connectivity index (χ0v) is 43.1. The molecule has 0 spiro atoms. The quantitative estimate of drug-likeness (QED) is 0.0349. The van der Waals surface area contributed by atoms with Crippen LogP contribution in [0.4, 0.5) is 0 Å². The number of carbonyl (C=O) groups excluding carboxylic acids is 2. The number of ether oxygens (including phenoxy) is 1. The molecule has 1 aliphatic rings. The minimum absolute atomic E-state index is 0.0162. The lowest BCUT2D eigenvalue weighted by Gasteiger charge is -2.35. The van der Waals surface area contributed by atoms with Crippen molar-refractivity contribution in [2.24, 2.45) is 5.92 Å². The summed E-state index contributed by atoms with van der Waals surface area (Å²) in [5, 5.41) is 0. The van der Waals surface area contributed by atoms with Gasteiger partial charge in [0, 0.05) is 23.3 Å². The number of Topliss-reactive ketones (excluding diaryl/α,β-unsaturated/α-hetero) is 2. The molecule has 4 aromatic carbocycles. The molecule has 0 N–H and O–H groups in total. The number of methoxy groups -OCH3 is 1. The molecule has 1 fully saturated rings. The number of hydrogen-bond donors (Lipinski definition) is 0. The number of ketones is 2. The first-order valence-corrected chi connectivity index (χ1v) is 24.7. The Morgan fingerprint density at radius 1 is 0.708 bits per heavy atom. The Bertz CT molecular complexity index is 1970. The first-order valence-electron chi connectivity index (χ1n) is 24.7. The fourth-order valence-electron chi connectivity index (χ4n) is 8.00. The normalized spacial score (nSPS) is 13.7. The molecule has 0 heterocycles. The Hall–Kier alpha value is -5.28. The predicted molar refractivity (Wildman–Crippen MR) is 285 cm³/mol. The van der Waals surface area contributed by atoms with E-state index in [1.54, 1.807) is 14.0 Å². The molecule has 3 nitrogen and oxygen atoms in total. The molecule has 1 atom stereocenters. The molecule has 3 heteroatoms. The Kier molecular flexibility index (Phi) is 29.5. The first kappa shape index (κ1) is 57.7. The number of hydrogen-bond acceptors (Lipinski definition) is 3. The maximum Gasteiger partial charge on any atom is 0.164 e. The Morgan fingerprint density at radius 2 is 1.18 bits per heavy atom. The van der Waals surface area contributed by atoms with Gasteiger partial charge in [-0.3, -0.25) is 9.59 Å². The Morgan fingerprint density at radius 3 is 1.52 bits per heavy atom. The summed E-state index contributed by atoms with van der Waals surface area (Å²) in [4.78, 5) is 23.8. The highest BCUT2D eigenvalue weighted by Gasteiger charge is 2.34. The summed E-state index contributed by atoms with van der Waals surface area (Å²) in [6.07, 6.45) is 19.9. The lowest BCUT2D eigenvalue weighted by molar-refractivity contribution is -0.124. The second-order valence-electron chi connectivity index (χ2n) is 16.5. The number of carbonyl (C=O) groups is 2. The van der Waals surface area contributed by atoms with Crippen molar-refractivity contribution < 1.29 is 14.3 Å². The van der Waals surface area contributed by atoms with Gasteiger partial charge in [-0.1, -0.05) is 219 Å². The van der Waals surface area contributed by atoms with Crippen molar-refractivity contribution in [2.75, 3.05) is 7.11 Å². The van der Waals surface area contributed by atoms with Crippen LogP contribution in [-0.2, 0) is 19.7 Å². The van der Waals surface area contributed by atoms with Crippen LogP contribution in [0.1, 0.15) is 182 Å². The third-order valence-corrected chi connectivity index (χ3v) is 12.1. The smallest absolute Gasteiger partial charge is 0.164 e. The van der Waals surface area contributed by atoms with Crippen LogP contribution in [0.5, 0.6) is 0 Å². The minimum Gasteiger partial charge on any atom is -0.495 e. The van der Waals surface area contributed by atoms with E-state index in [-0.39, 0.29) is 11.2 Å². The predicted octanol–water partition coefficient (Wildman–Crippen LogP) is 18.0. The third kappa shape index (κ3) is 17.9. The molecule has 1 unspecified atom stereocenters. The van der Waals surface area contributed by atoms with Gasteiger partial charge < -0.3 is 4.74 Å². The van der Waals surface area contributed by atoms with Gasteiger partial charge in [-0.25, -0.2) is 0 Å². The molecule has 0 aromatic heterocycles. The molecule has 0 aliphatic heterocycles. The van der Waals surface area contributed by atoms with E-state index in [1.807, 2.05) is 52.8 Å². The summed E-state index contributed by atoms with van der Waals surface area (Å²) in [6.45, 7) is 26.8. The van der Waals surface area contributed by atoms with E-state index >= 15 is 0 Å². The van der Waals surface area contributed by atoms with E-state index in [0.29, 0.717) is 29.0 Å². The average molecular weight is 879 g/mol. The van der Waals surface area contributed by atoms with Crippen molar-refractivity contribution in [2.45, 2.75) is 159 Å². The average Bonchev–Trinajstić information content (AvgIpc) is 3.33. The van der Waals surface area contributed by atoms with Crippen LogP contribution in [0, 0.1) is 5.92 Å². The number of benzene rings is 4. The second kappa shape index (κ2) is 33.2. The van der Waals surface area contributed by atoms with E-state index < -0.39 is 0 Å². The summed E-state index contributed by atoms with van der Waals surface area (Å²) in [5.41, 5.74) is 10.2. The van der Waals surface area contributed by atoms with Gasteiger partial charge in [0.25, 0.3) is 0 Å². The molecule has 1 aliphatic carbocycles. The van der Waals surface area contributed by atoms with E-state index in [9.17, 15) is 9.59 Å². The summed E-state index contributed by atoms with van der Waals surface area (Å²) in [5.74, 6) is 1.99. The van der Waals surface area contributed by atoms with Crippen molar-refractivity contribution in [3.63, 3.8) is 0 Å². The second-order valence-corrected chi connectivity index (χ2v) is 16.5. The third-order valence-electron chi connectivity index (χ3n) is 12.1. The zero-order valence-electron chi connectivity index (χ0n) is 43.1. The molecule has 0 saturated heterocycles. The first-order chi connectivity index (χ1) is 31.4. The lowest BCUT2D eigenvalue weighted by Crippen LogP contribution is -2.28. The number of allylic oxidation sites excluding steroid dienone is 9. The molecule has 0 bridgehead atoms. The van der Waals surface area contributed by atoms with Crippen LogP contribution in [0.2, 0.25) is 0 Å². The van der Waals surface area contributed by atoms with Gasteiger partial charge in [0.1, 0.15) is 11.5 Å². The SMILES string of the molecule is C/C=C\C.CC.CCC(=O)C1CCC1.CCC(c1ccccc1)(c1ccccc1)c1ccccc1.CC\C=C(C)/C(=C\C=C(\C)CCC)C(/C(C)=O)=C(\OC)c1ccccc1C(C)CC. The van der Waals surface area contributed by atoms with Gasteiger partial charge in [-0.2, -0.15) is 0 Å². The van der Waals surface area contributed by atoms with Crippen LogP contribution in [0.3, 0.4) is 0 Å². The van der Waals surface area contributed by atoms with Crippen LogP contribution in [0.15, 0.2) is 168 Å². The molecule has 352 valence electrons. The molecule has 65 heavy (non-hydrogen) atoms. The fraction of sp³-hybridized carbons (Fsp3) is 0.419. The van der Waals surface area contributed by atoms with Crippen LogP contribution in [-0.4, -0.2) is 18.7 Å². The van der Waals surface area contributed by atoms with Crippen LogP contribution >= 0.6 is 0 Å². The monoisotopic (exact) mass is 879 g/mol. The van der Waals surface area contributed by atoms with E-state index in [4.69, 9.17) is 4.74 Å². The minimum atomic E-state index is -0.0796. The van der Waals surface area contributed by atoms with Crippen LogP contribution < -0.4 is 0 Å². The number of rotatable bonds is 17.